The third-order valence-corrected chi connectivity index (χ3v) is 3.55. The Bertz CT molecular complexity index is 149. The Morgan fingerprint density at radius 1 is 1.30 bits per heavy atom. The zero-order valence-electron chi connectivity index (χ0n) is 5.30. The number of halogens is 2. The van der Waals surface area contributed by atoms with Crippen LogP contribution in [0.25, 0.3) is 0 Å². The molecule has 0 saturated heterocycles. The van der Waals surface area contributed by atoms with Gasteiger partial charge in [-0.25, -0.2) is 0 Å². The van der Waals surface area contributed by atoms with Crippen LogP contribution in [-0.4, -0.2) is 16.7 Å². The van der Waals surface area contributed by atoms with Gasteiger partial charge >= 0.3 is 5.95 Å². The SMILES string of the molecule is CCC(I)(I)C(O)=C(O)O. The van der Waals surface area contributed by atoms with Gasteiger partial charge in [-0.3, -0.25) is 0 Å². The molecule has 0 heterocycles. The standard InChI is InChI=1S/C5H8I2O3/c1-2-5(6,7)3(8)4(9)10/h8-10H,2H2,1H3. The predicted molar refractivity (Wildman–Crippen MR) is 56.0 cm³/mol. The zero-order valence-corrected chi connectivity index (χ0v) is 9.62. The molecule has 0 aromatic carbocycles. The maximum absolute atomic E-state index is 9.02. The van der Waals surface area contributed by atoms with Crippen molar-refractivity contribution in [2.45, 2.75) is 14.8 Å². The van der Waals surface area contributed by atoms with Gasteiger partial charge in [-0.05, 0) is 6.42 Å². The summed E-state index contributed by atoms with van der Waals surface area (Å²) in [6.07, 6.45) is 0.630. The van der Waals surface area contributed by atoms with Crippen LogP contribution in [0.15, 0.2) is 11.7 Å². The minimum atomic E-state index is -0.995. The van der Waals surface area contributed by atoms with Crippen molar-refractivity contribution in [3.8, 4) is 0 Å². The first-order valence-corrected chi connectivity index (χ1v) is 4.77. The van der Waals surface area contributed by atoms with Crippen molar-refractivity contribution >= 4 is 45.2 Å². The van der Waals surface area contributed by atoms with E-state index >= 15 is 0 Å². The smallest absolute Gasteiger partial charge is 0.316 e. The van der Waals surface area contributed by atoms with Gasteiger partial charge < -0.3 is 15.3 Å². The van der Waals surface area contributed by atoms with Crippen molar-refractivity contribution in [2.24, 2.45) is 0 Å². The summed E-state index contributed by atoms with van der Waals surface area (Å²) < 4.78 is -0.603. The minimum Gasteiger partial charge on any atom is -0.504 e. The van der Waals surface area contributed by atoms with Crippen LogP contribution in [0.5, 0.6) is 0 Å². The van der Waals surface area contributed by atoms with Gasteiger partial charge in [0.25, 0.3) is 0 Å². The second kappa shape index (κ2) is 3.84. The van der Waals surface area contributed by atoms with E-state index < -0.39 is 7.37 Å². The number of alkyl halides is 2. The van der Waals surface area contributed by atoms with Gasteiger partial charge in [0, 0.05) is 0 Å². The second-order valence-corrected chi connectivity index (χ2v) is 7.48. The lowest BCUT2D eigenvalue weighted by molar-refractivity contribution is 0.155. The fourth-order valence-electron chi connectivity index (χ4n) is 0.331. The highest BCUT2D eigenvalue weighted by Crippen LogP contribution is 2.38. The van der Waals surface area contributed by atoms with Crippen LogP contribution in [0.4, 0.5) is 0 Å². The number of hydrogen-bond donors (Lipinski definition) is 3. The molecule has 0 aromatic heterocycles. The number of hydrogen-bond acceptors (Lipinski definition) is 3. The summed E-state index contributed by atoms with van der Waals surface area (Å²) >= 11 is 3.88. The summed E-state index contributed by atoms with van der Waals surface area (Å²) in [5.74, 6) is -1.37. The van der Waals surface area contributed by atoms with Gasteiger partial charge in [0.15, 0.2) is 5.76 Å². The van der Waals surface area contributed by atoms with Crippen molar-refractivity contribution < 1.29 is 15.3 Å². The molecule has 0 fully saturated rings. The van der Waals surface area contributed by atoms with Crippen LogP contribution in [-0.2, 0) is 0 Å². The first-order valence-electron chi connectivity index (χ1n) is 2.61. The Morgan fingerprint density at radius 3 is 1.80 bits per heavy atom. The van der Waals surface area contributed by atoms with Crippen molar-refractivity contribution in [2.75, 3.05) is 0 Å². The Balaban J connectivity index is 4.49. The summed E-state index contributed by atoms with van der Waals surface area (Å²) in [5.41, 5.74) is 0. The predicted octanol–water partition coefficient (Wildman–Crippen LogP) is 2.81. The van der Waals surface area contributed by atoms with E-state index in [1.165, 1.54) is 0 Å². The van der Waals surface area contributed by atoms with E-state index in [0.29, 0.717) is 6.42 Å². The first kappa shape index (κ1) is 10.6. The minimum absolute atomic E-state index is 0.379. The van der Waals surface area contributed by atoms with Crippen LogP contribution in [0.1, 0.15) is 13.3 Å². The molecule has 3 N–H and O–H groups in total. The highest BCUT2D eigenvalue weighted by Gasteiger charge is 2.29. The highest BCUT2D eigenvalue weighted by molar-refractivity contribution is 14.2. The first-order chi connectivity index (χ1) is 4.41. The van der Waals surface area contributed by atoms with E-state index in [1.54, 1.807) is 0 Å². The molecule has 0 aliphatic heterocycles. The number of aliphatic hydroxyl groups excluding tert-OH is 2. The Kier molecular flexibility index (Phi) is 4.07. The molecule has 10 heavy (non-hydrogen) atoms. The molecule has 5 heteroatoms. The summed E-state index contributed by atoms with van der Waals surface area (Å²) in [6, 6.07) is 0. The summed E-state index contributed by atoms with van der Waals surface area (Å²) in [6.45, 7) is 1.85. The lowest BCUT2D eigenvalue weighted by atomic mass is 10.3. The molecule has 0 amide bonds. The fraction of sp³-hybridized carbons (Fsp3) is 0.600. The second-order valence-electron chi connectivity index (χ2n) is 1.73. The quantitative estimate of drug-likeness (QED) is 0.398. The molecule has 0 rings (SSSR count). The molecule has 0 aliphatic carbocycles. The summed E-state index contributed by atoms with van der Waals surface area (Å²) in [5, 5.41) is 25.9. The third-order valence-electron chi connectivity index (χ3n) is 1.00. The van der Waals surface area contributed by atoms with E-state index in [1.807, 2.05) is 52.1 Å². The maximum Gasteiger partial charge on any atom is 0.316 e. The summed E-state index contributed by atoms with van der Waals surface area (Å²) in [7, 11) is 0. The largest absolute Gasteiger partial charge is 0.504 e. The molecule has 0 aliphatic rings. The van der Waals surface area contributed by atoms with Crippen molar-refractivity contribution in [1.29, 1.82) is 0 Å². The van der Waals surface area contributed by atoms with Gasteiger partial charge in [-0.15, -0.1) is 0 Å². The zero-order chi connectivity index (χ0) is 8.36. The molecule has 0 radical (unpaired) electrons. The molecule has 60 valence electrons. The molecule has 0 spiro atoms. The maximum atomic E-state index is 9.02. The lowest BCUT2D eigenvalue weighted by Gasteiger charge is -2.15. The molecule has 0 unspecified atom stereocenters. The number of rotatable bonds is 2. The van der Waals surface area contributed by atoms with E-state index in [4.69, 9.17) is 15.3 Å². The van der Waals surface area contributed by atoms with Gasteiger partial charge in [0.05, 0.1) is 0 Å². The lowest BCUT2D eigenvalue weighted by Crippen LogP contribution is -2.14. The van der Waals surface area contributed by atoms with Crippen molar-refractivity contribution in [3.63, 3.8) is 0 Å². The topological polar surface area (TPSA) is 60.7 Å². The summed E-state index contributed by atoms with van der Waals surface area (Å²) in [4.78, 5) is 0. The Morgan fingerprint density at radius 2 is 1.70 bits per heavy atom. The molecular weight excluding hydrogens is 362 g/mol. The van der Waals surface area contributed by atoms with Crippen LogP contribution in [0, 0.1) is 0 Å². The van der Waals surface area contributed by atoms with Gasteiger partial charge in [0.1, 0.15) is 1.43 Å². The highest BCUT2D eigenvalue weighted by atomic mass is 127. The third kappa shape index (κ3) is 2.69. The van der Waals surface area contributed by atoms with Crippen LogP contribution in [0.3, 0.4) is 0 Å². The van der Waals surface area contributed by atoms with Crippen LogP contribution in [0.2, 0.25) is 0 Å². The van der Waals surface area contributed by atoms with Gasteiger partial charge in [-0.1, -0.05) is 52.1 Å². The molecule has 0 saturated carbocycles. The average Bonchev–Trinajstić information content (AvgIpc) is 1.86. The van der Waals surface area contributed by atoms with Crippen LogP contribution >= 0.6 is 45.2 Å². The molecule has 0 atom stereocenters. The number of allylic oxidation sites excluding steroid dienone is 1. The van der Waals surface area contributed by atoms with E-state index in [2.05, 4.69) is 0 Å². The Hall–Kier alpha value is 0.600. The molecule has 0 bridgehead atoms. The fourth-order valence-corrected chi connectivity index (χ4v) is 0.813. The van der Waals surface area contributed by atoms with Crippen molar-refractivity contribution in [3.05, 3.63) is 11.7 Å². The van der Waals surface area contributed by atoms with E-state index in [9.17, 15) is 0 Å². The molecule has 0 aromatic rings. The van der Waals surface area contributed by atoms with Crippen molar-refractivity contribution in [1.82, 2.24) is 0 Å². The Labute approximate surface area is 86.4 Å². The normalized spacial score (nSPS) is 11.1. The van der Waals surface area contributed by atoms with E-state index in [0.717, 1.165) is 0 Å². The van der Waals surface area contributed by atoms with E-state index in [-0.39, 0.29) is 5.76 Å². The molecule has 3 nitrogen and oxygen atoms in total. The van der Waals surface area contributed by atoms with Crippen LogP contribution < -0.4 is 0 Å². The molecular formula is C5H8I2O3. The number of aliphatic hydroxyl groups is 3. The van der Waals surface area contributed by atoms with Gasteiger partial charge in [0.2, 0.25) is 0 Å². The monoisotopic (exact) mass is 370 g/mol. The van der Waals surface area contributed by atoms with Gasteiger partial charge in [-0.2, -0.15) is 0 Å². The average molecular weight is 370 g/mol.